The summed E-state index contributed by atoms with van der Waals surface area (Å²) >= 11 is 0. The molecule has 1 atom stereocenters. The maximum absolute atomic E-state index is 5.84. The molecule has 0 amide bonds. The van der Waals surface area contributed by atoms with Crippen LogP contribution in [0.15, 0.2) is 30.5 Å². The van der Waals surface area contributed by atoms with Gasteiger partial charge in [-0.3, -0.25) is 0 Å². The predicted octanol–water partition coefficient (Wildman–Crippen LogP) is 3.07. The number of hydrogen-bond donors (Lipinski definition) is 1. The molecule has 1 saturated heterocycles. The van der Waals surface area contributed by atoms with Crippen molar-refractivity contribution >= 4 is 10.9 Å². The second-order valence-electron chi connectivity index (χ2n) is 6.75. The average Bonchev–Trinajstić information content (AvgIpc) is 3.22. The van der Waals surface area contributed by atoms with Gasteiger partial charge in [-0.1, -0.05) is 6.07 Å². The second-order valence-corrected chi connectivity index (χ2v) is 6.75. The Morgan fingerprint density at radius 3 is 3.05 bits per heavy atom. The van der Waals surface area contributed by atoms with E-state index in [1.807, 2.05) is 6.20 Å². The first kappa shape index (κ1) is 13.4. The third kappa shape index (κ3) is 3.30. The van der Waals surface area contributed by atoms with E-state index in [4.69, 9.17) is 4.74 Å². The van der Waals surface area contributed by atoms with Crippen molar-refractivity contribution in [3.05, 3.63) is 36.0 Å². The van der Waals surface area contributed by atoms with Crippen molar-refractivity contribution in [1.29, 1.82) is 0 Å². The van der Waals surface area contributed by atoms with E-state index < -0.39 is 0 Å². The Bertz CT molecular complexity index is 602. The van der Waals surface area contributed by atoms with Gasteiger partial charge in [-0.15, -0.1) is 0 Å². The Hall–Kier alpha value is -1.32. The first-order chi connectivity index (χ1) is 10.4. The summed E-state index contributed by atoms with van der Waals surface area (Å²) in [6, 6.07) is 8.93. The molecule has 1 aromatic carbocycles. The van der Waals surface area contributed by atoms with Crippen LogP contribution in [-0.2, 0) is 11.2 Å². The number of nitrogens with one attached hydrogen (secondary N) is 1. The van der Waals surface area contributed by atoms with Crippen molar-refractivity contribution in [1.82, 2.24) is 9.88 Å². The number of ether oxygens (including phenoxy) is 1. The van der Waals surface area contributed by atoms with Crippen LogP contribution >= 0.6 is 0 Å². The first-order valence-electron chi connectivity index (χ1n) is 8.23. The topological polar surface area (TPSA) is 28.3 Å². The van der Waals surface area contributed by atoms with Gasteiger partial charge in [0.25, 0.3) is 0 Å². The molecule has 1 aliphatic carbocycles. The van der Waals surface area contributed by atoms with Crippen LogP contribution in [0.1, 0.15) is 18.4 Å². The zero-order valence-corrected chi connectivity index (χ0v) is 12.6. The lowest BCUT2D eigenvalue weighted by Gasteiger charge is -2.23. The van der Waals surface area contributed by atoms with Crippen molar-refractivity contribution in [3.63, 3.8) is 0 Å². The van der Waals surface area contributed by atoms with Gasteiger partial charge < -0.3 is 14.6 Å². The number of aromatic amines is 1. The molecular weight excluding hydrogens is 260 g/mol. The number of benzene rings is 1. The largest absolute Gasteiger partial charge is 0.380 e. The van der Waals surface area contributed by atoms with Gasteiger partial charge in [0.05, 0.1) is 13.2 Å². The molecule has 1 saturated carbocycles. The number of nitrogens with zero attached hydrogens (tertiary/aromatic N) is 1. The Kier molecular flexibility index (Phi) is 3.70. The van der Waals surface area contributed by atoms with E-state index in [2.05, 4.69) is 34.1 Å². The van der Waals surface area contributed by atoms with Crippen molar-refractivity contribution in [2.24, 2.45) is 11.8 Å². The molecule has 1 aliphatic heterocycles. The molecule has 21 heavy (non-hydrogen) atoms. The molecule has 2 aliphatic rings. The fourth-order valence-corrected chi connectivity index (χ4v) is 3.47. The van der Waals surface area contributed by atoms with Gasteiger partial charge in [0.15, 0.2) is 0 Å². The maximum atomic E-state index is 5.84. The molecule has 4 rings (SSSR count). The van der Waals surface area contributed by atoms with Gasteiger partial charge in [0.2, 0.25) is 0 Å². The van der Waals surface area contributed by atoms with Crippen LogP contribution in [0.4, 0.5) is 0 Å². The summed E-state index contributed by atoms with van der Waals surface area (Å²) in [6.07, 6.45) is 6.02. The molecule has 0 spiro atoms. The normalized spacial score (nSPS) is 24.3. The lowest BCUT2D eigenvalue weighted by molar-refractivity contribution is 0.122. The van der Waals surface area contributed by atoms with E-state index in [-0.39, 0.29) is 0 Å². The highest BCUT2D eigenvalue weighted by Crippen LogP contribution is 2.30. The van der Waals surface area contributed by atoms with Crippen LogP contribution in [0.3, 0.4) is 0 Å². The molecular formula is C18H24N2O. The standard InChI is InChI=1S/C18H24N2O/c1-2-14(1)11-20-7-8-21-13-16(12-20)9-15-3-4-18-17(10-15)5-6-19-18/h3-6,10,14,16,19H,1-2,7-9,11-13H2/t16-/m1/s1. The highest BCUT2D eigenvalue weighted by atomic mass is 16.5. The minimum absolute atomic E-state index is 0.627. The summed E-state index contributed by atoms with van der Waals surface area (Å²) in [6.45, 7) is 5.41. The van der Waals surface area contributed by atoms with Crippen LogP contribution in [0.5, 0.6) is 0 Å². The molecule has 3 heteroatoms. The minimum atomic E-state index is 0.627. The van der Waals surface area contributed by atoms with Crippen LogP contribution < -0.4 is 0 Å². The number of fused-ring (bicyclic) bond motifs is 1. The summed E-state index contributed by atoms with van der Waals surface area (Å²) < 4.78 is 5.84. The van der Waals surface area contributed by atoms with E-state index >= 15 is 0 Å². The molecule has 1 aromatic heterocycles. The number of aromatic nitrogens is 1. The molecule has 0 radical (unpaired) electrons. The highest BCUT2D eigenvalue weighted by molar-refractivity contribution is 5.79. The lowest BCUT2D eigenvalue weighted by Crippen LogP contribution is -2.32. The van der Waals surface area contributed by atoms with Crippen LogP contribution in [0.25, 0.3) is 10.9 Å². The monoisotopic (exact) mass is 284 g/mol. The first-order valence-corrected chi connectivity index (χ1v) is 8.23. The number of rotatable bonds is 4. The Balaban J connectivity index is 1.43. The van der Waals surface area contributed by atoms with Gasteiger partial charge in [0, 0.05) is 31.3 Å². The molecule has 2 heterocycles. The quantitative estimate of drug-likeness (QED) is 0.934. The molecule has 2 aromatic rings. The Morgan fingerprint density at radius 2 is 2.14 bits per heavy atom. The molecule has 2 fully saturated rings. The minimum Gasteiger partial charge on any atom is -0.380 e. The lowest BCUT2D eigenvalue weighted by atomic mass is 9.98. The second kappa shape index (κ2) is 5.82. The van der Waals surface area contributed by atoms with E-state index in [0.29, 0.717) is 5.92 Å². The smallest absolute Gasteiger partial charge is 0.0593 e. The van der Waals surface area contributed by atoms with Crippen LogP contribution in [-0.4, -0.2) is 42.7 Å². The van der Waals surface area contributed by atoms with E-state index in [1.54, 1.807) is 0 Å². The summed E-state index contributed by atoms with van der Waals surface area (Å²) in [5.74, 6) is 1.60. The average molecular weight is 284 g/mol. The summed E-state index contributed by atoms with van der Waals surface area (Å²) in [5, 5.41) is 1.32. The van der Waals surface area contributed by atoms with E-state index in [1.165, 1.54) is 42.4 Å². The van der Waals surface area contributed by atoms with Gasteiger partial charge in [-0.25, -0.2) is 0 Å². The summed E-state index contributed by atoms with van der Waals surface area (Å²) in [5.41, 5.74) is 2.66. The number of hydrogen-bond acceptors (Lipinski definition) is 2. The molecule has 0 unspecified atom stereocenters. The molecule has 0 bridgehead atoms. The van der Waals surface area contributed by atoms with Gasteiger partial charge >= 0.3 is 0 Å². The van der Waals surface area contributed by atoms with Crippen molar-refractivity contribution in [3.8, 4) is 0 Å². The molecule has 3 nitrogen and oxygen atoms in total. The zero-order chi connectivity index (χ0) is 14.1. The number of H-pyrrole nitrogens is 1. The molecule has 112 valence electrons. The Morgan fingerprint density at radius 1 is 1.19 bits per heavy atom. The summed E-state index contributed by atoms with van der Waals surface area (Å²) in [7, 11) is 0. The molecule has 1 N–H and O–H groups in total. The van der Waals surface area contributed by atoms with E-state index in [9.17, 15) is 0 Å². The summed E-state index contributed by atoms with van der Waals surface area (Å²) in [4.78, 5) is 5.89. The van der Waals surface area contributed by atoms with E-state index in [0.717, 1.165) is 32.1 Å². The SMILES string of the molecule is c1cc2cc(C[C@H]3COCCN(CC4CC4)C3)ccc2[nH]1. The van der Waals surface area contributed by atoms with Crippen molar-refractivity contribution in [2.75, 3.05) is 32.8 Å². The van der Waals surface area contributed by atoms with Crippen LogP contribution in [0, 0.1) is 11.8 Å². The highest BCUT2D eigenvalue weighted by Gasteiger charge is 2.27. The predicted molar refractivity (Wildman–Crippen MR) is 85.5 cm³/mol. The van der Waals surface area contributed by atoms with Crippen LogP contribution in [0.2, 0.25) is 0 Å². The fourth-order valence-electron chi connectivity index (χ4n) is 3.47. The van der Waals surface area contributed by atoms with Gasteiger partial charge in [0.1, 0.15) is 0 Å². The zero-order valence-electron chi connectivity index (χ0n) is 12.6. The fraction of sp³-hybridized carbons (Fsp3) is 0.556. The van der Waals surface area contributed by atoms with Gasteiger partial charge in [-0.05, 0) is 60.2 Å². The third-order valence-electron chi connectivity index (χ3n) is 4.78. The van der Waals surface area contributed by atoms with Gasteiger partial charge in [-0.2, -0.15) is 0 Å². The van der Waals surface area contributed by atoms with Crippen molar-refractivity contribution < 1.29 is 4.74 Å². The third-order valence-corrected chi connectivity index (χ3v) is 4.78. The Labute approximate surface area is 126 Å². The maximum Gasteiger partial charge on any atom is 0.0593 e. The van der Waals surface area contributed by atoms with Crippen molar-refractivity contribution in [2.45, 2.75) is 19.3 Å².